The highest BCUT2D eigenvalue weighted by Crippen LogP contribution is 2.37. The number of halogens is 6. The van der Waals surface area contributed by atoms with E-state index in [-0.39, 0.29) is 3.77 Å². The molecule has 0 bridgehead atoms. The third-order valence-electron chi connectivity index (χ3n) is 2.61. The van der Waals surface area contributed by atoms with Crippen molar-refractivity contribution >= 4 is 32.4 Å². The number of sulfone groups is 1. The molecule has 2 heterocycles. The van der Waals surface area contributed by atoms with Crippen LogP contribution in [0.2, 0.25) is 0 Å². The van der Waals surface area contributed by atoms with E-state index in [2.05, 4.69) is 14.8 Å². The van der Waals surface area contributed by atoms with Gasteiger partial charge in [0.05, 0.1) is 17.5 Å². The molecular formula is C10H7F5IN3O4S. The van der Waals surface area contributed by atoms with Gasteiger partial charge in [0.25, 0.3) is 0 Å². The second kappa shape index (κ2) is 6.45. The van der Waals surface area contributed by atoms with Crippen molar-refractivity contribution in [2.75, 3.05) is 0 Å². The number of ether oxygens (including phenoxy) is 1. The van der Waals surface area contributed by atoms with Gasteiger partial charge in [-0.1, -0.05) is 0 Å². The predicted molar refractivity (Wildman–Crippen MR) is 75.0 cm³/mol. The topological polar surface area (TPSA) is 87.2 Å². The first kappa shape index (κ1) is 18.9. The van der Waals surface area contributed by atoms with E-state index in [0.29, 0.717) is 4.68 Å². The Hall–Kier alpha value is -1.45. The average Bonchev–Trinajstić information content (AvgIpc) is 2.96. The van der Waals surface area contributed by atoms with Gasteiger partial charge < -0.3 is 9.15 Å². The van der Waals surface area contributed by atoms with E-state index in [4.69, 9.17) is 4.42 Å². The Morgan fingerprint density at radius 2 is 2.04 bits per heavy atom. The van der Waals surface area contributed by atoms with Crippen LogP contribution in [0.4, 0.5) is 22.0 Å². The van der Waals surface area contributed by atoms with Crippen molar-refractivity contribution in [3.63, 3.8) is 0 Å². The van der Waals surface area contributed by atoms with E-state index >= 15 is 0 Å². The van der Waals surface area contributed by atoms with Crippen LogP contribution < -0.4 is 4.74 Å². The van der Waals surface area contributed by atoms with Gasteiger partial charge >= 0.3 is 18.0 Å². The van der Waals surface area contributed by atoms with Crippen LogP contribution >= 0.6 is 22.6 Å². The smallest absolute Gasteiger partial charge is 0.422 e. The quantitative estimate of drug-likeness (QED) is 0.477. The Morgan fingerprint density at radius 1 is 1.42 bits per heavy atom. The van der Waals surface area contributed by atoms with Crippen molar-refractivity contribution in [2.24, 2.45) is 7.05 Å². The van der Waals surface area contributed by atoms with Crippen LogP contribution in [0.1, 0.15) is 11.3 Å². The zero-order valence-electron chi connectivity index (χ0n) is 11.5. The van der Waals surface area contributed by atoms with Gasteiger partial charge in [0.15, 0.2) is 9.46 Å². The van der Waals surface area contributed by atoms with E-state index < -0.39 is 50.7 Å². The second-order valence-corrected chi connectivity index (χ2v) is 7.25. The molecule has 2 aromatic rings. The third kappa shape index (κ3) is 3.96. The Bertz CT molecular complexity index is 845. The highest BCUT2D eigenvalue weighted by molar-refractivity contribution is 14.1. The summed E-state index contributed by atoms with van der Waals surface area (Å²) >= 11 is 1.60. The molecule has 0 aliphatic carbocycles. The zero-order chi connectivity index (χ0) is 18.3. The summed E-state index contributed by atoms with van der Waals surface area (Å²) in [5.41, 5.74) is -2.70. The van der Waals surface area contributed by atoms with Crippen molar-refractivity contribution in [3.05, 3.63) is 21.2 Å². The van der Waals surface area contributed by atoms with Crippen molar-refractivity contribution in [1.29, 1.82) is 0 Å². The molecule has 0 aliphatic rings. The molecule has 0 aromatic carbocycles. The standard InChI is InChI=1S/C10H7F5IN3O4S/c1-19-7(23-8(11)12)4(6(18-19)10(13,14)15)3-24(20,21)9-17-2-5(16)22-9/h2,8H,3H2,1H3. The third-order valence-corrected chi connectivity index (χ3v) is 4.50. The fourth-order valence-electron chi connectivity index (χ4n) is 1.78. The minimum absolute atomic E-state index is 0.0810. The number of aryl methyl sites for hydroxylation is 1. The number of oxazole rings is 1. The van der Waals surface area contributed by atoms with Crippen molar-refractivity contribution < 1.29 is 39.5 Å². The lowest BCUT2D eigenvalue weighted by molar-refractivity contribution is -0.142. The number of hydrogen-bond acceptors (Lipinski definition) is 6. The summed E-state index contributed by atoms with van der Waals surface area (Å²) in [6, 6.07) is 0. The van der Waals surface area contributed by atoms with Crippen LogP contribution in [0.25, 0.3) is 0 Å². The first-order chi connectivity index (χ1) is 10.9. The van der Waals surface area contributed by atoms with E-state index in [1.165, 1.54) is 0 Å². The molecule has 0 radical (unpaired) electrons. The molecule has 2 aromatic heterocycles. The summed E-state index contributed by atoms with van der Waals surface area (Å²) in [6.45, 7) is -3.47. The molecule has 0 atom stereocenters. The number of aromatic nitrogens is 3. The lowest BCUT2D eigenvalue weighted by Gasteiger charge is -2.09. The predicted octanol–water partition coefficient (Wildman–Crippen LogP) is 2.61. The largest absolute Gasteiger partial charge is 0.435 e. The Labute approximate surface area is 144 Å². The van der Waals surface area contributed by atoms with Gasteiger partial charge in [0.2, 0.25) is 15.7 Å². The van der Waals surface area contributed by atoms with Gasteiger partial charge in [0, 0.05) is 29.6 Å². The molecule has 0 amide bonds. The average molecular weight is 487 g/mol. The maximum absolute atomic E-state index is 13.0. The monoisotopic (exact) mass is 487 g/mol. The maximum Gasteiger partial charge on any atom is 0.435 e. The van der Waals surface area contributed by atoms with Crippen LogP contribution in [0.5, 0.6) is 5.88 Å². The molecule has 14 heteroatoms. The normalized spacial score (nSPS) is 12.8. The van der Waals surface area contributed by atoms with Gasteiger partial charge in [-0.05, 0) is 0 Å². The molecule has 0 saturated carbocycles. The van der Waals surface area contributed by atoms with Gasteiger partial charge in [-0.3, -0.25) is 0 Å². The number of hydrogen-bond donors (Lipinski definition) is 0. The molecule has 0 spiro atoms. The lowest BCUT2D eigenvalue weighted by Crippen LogP contribution is -2.14. The zero-order valence-corrected chi connectivity index (χ0v) is 14.5. The van der Waals surface area contributed by atoms with E-state index in [9.17, 15) is 30.4 Å². The van der Waals surface area contributed by atoms with Crippen molar-refractivity contribution in [1.82, 2.24) is 14.8 Å². The molecule has 0 aliphatic heterocycles. The van der Waals surface area contributed by atoms with Crippen LogP contribution in [-0.4, -0.2) is 29.8 Å². The van der Waals surface area contributed by atoms with E-state index in [1.807, 2.05) is 0 Å². The molecule has 7 nitrogen and oxygen atoms in total. The Morgan fingerprint density at radius 3 is 2.50 bits per heavy atom. The fourth-order valence-corrected chi connectivity index (χ4v) is 3.47. The molecule has 134 valence electrons. The summed E-state index contributed by atoms with van der Waals surface area (Å²) in [6.07, 6.45) is -4.03. The van der Waals surface area contributed by atoms with E-state index in [0.717, 1.165) is 13.2 Å². The van der Waals surface area contributed by atoms with Gasteiger partial charge in [0.1, 0.15) is 0 Å². The first-order valence-corrected chi connectivity index (χ1v) is 8.57. The van der Waals surface area contributed by atoms with Crippen LogP contribution in [-0.2, 0) is 28.8 Å². The summed E-state index contributed by atoms with van der Waals surface area (Å²) in [7, 11) is -3.57. The van der Waals surface area contributed by atoms with Gasteiger partial charge in [-0.2, -0.15) is 27.1 Å². The highest BCUT2D eigenvalue weighted by Gasteiger charge is 2.42. The summed E-state index contributed by atoms with van der Waals surface area (Å²) < 4.78 is 97.4. The molecule has 2 rings (SSSR count). The SMILES string of the molecule is Cn1nc(C(F)(F)F)c(CS(=O)(=O)c2ncc(I)o2)c1OC(F)F. The van der Waals surface area contributed by atoms with Crippen LogP contribution in [0, 0.1) is 3.77 Å². The summed E-state index contributed by atoms with van der Waals surface area (Å²) in [5.74, 6) is -2.34. The van der Waals surface area contributed by atoms with Crippen molar-refractivity contribution in [3.8, 4) is 5.88 Å². The lowest BCUT2D eigenvalue weighted by atomic mass is 10.2. The second-order valence-electron chi connectivity index (χ2n) is 4.32. The number of rotatable bonds is 5. The molecule has 0 saturated heterocycles. The summed E-state index contributed by atoms with van der Waals surface area (Å²) in [4.78, 5) is 3.41. The molecule has 0 N–H and O–H groups in total. The molecular weight excluding hydrogens is 480 g/mol. The van der Waals surface area contributed by atoms with Gasteiger partial charge in [-0.15, -0.1) is 0 Å². The number of nitrogens with zero attached hydrogens (tertiary/aromatic N) is 3. The minimum atomic E-state index is -5.07. The molecule has 24 heavy (non-hydrogen) atoms. The fraction of sp³-hybridized carbons (Fsp3) is 0.400. The van der Waals surface area contributed by atoms with Crippen LogP contribution in [0.15, 0.2) is 15.8 Å². The first-order valence-electron chi connectivity index (χ1n) is 5.84. The maximum atomic E-state index is 13.0. The highest BCUT2D eigenvalue weighted by atomic mass is 127. The number of alkyl halides is 5. The molecule has 0 unspecified atom stereocenters. The van der Waals surface area contributed by atoms with E-state index in [1.54, 1.807) is 22.6 Å². The van der Waals surface area contributed by atoms with Gasteiger partial charge in [-0.25, -0.2) is 18.1 Å². The molecule has 0 fully saturated rings. The Balaban J connectivity index is 2.55. The summed E-state index contributed by atoms with van der Waals surface area (Å²) in [5, 5.41) is 2.19. The Kier molecular flexibility index (Phi) is 5.08. The van der Waals surface area contributed by atoms with Crippen LogP contribution in [0.3, 0.4) is 0 Å². The minimum Gasteiger partial charge on any atom is -0.422 e. The van der Waals surface area contributed by atoms with Crippen molar-refractivity contribution in [2.45, 2.75) is 23.8 Å².